The van der Waals surface area contributed by atoms with Gasteiger partial charge in [-0.05, 0) is 33.5 Å². The van der Waals surface area contributed by atoms with Gasteiger partial charge in [-0.15, -0.1) is 0 Å². The van der Waals surface area contributed by atoms with Crippen molar-refractivity contribution in [3.8, 4) is 10.6 Å². The smallest absolute Gasteiger partial charge is 0.209 e. The molecule has 0 saturated carbocycles. The van der Waals surface area contributed by atoms with Gasteiger partial charge in [0, 0.05) is 5.56 Å². The highest BCUT2D eigenvalue weighted by molar-refractivity contribution is 9.10. The van der Waals surface area contributed by atoms with E-state index in [0.717, 1.165) is 10.6 Å². The van der Waals surface area contributed by atoms with Crippen molar-refractivity contribution >= 4 is 27.5 Å². The summed E-state index contributed by atoms with van der Waals surface area (Å²) >= 11 is 4.59. The van der Waals surface area contributed by atoms with Crippen LogP contribution in [0.4, 0.5) is 0 Å². The minimum Gasteiger partial charge on any atom is -0.209 e. The normalized spacial score (nSPS) is 10.1. The van der Waals surface area contributed by atoms with E-state index >= 15 is 0 Å². The van der Waals surface area contributed by atoms with Crippen LogP contribution >= 0.6 is 27.5 Å². The summed E-state index contributed by atoms with van der Waals surface area (Å²) in [5.74, 6) is 0. The molecule has 0 bridgehead atoms. The zero-order valence-corrected chi connectivity index (χ0v) is 8.39. The summed E-state index contributed by atoms with van der Waals surface area (Å²) in [5.41, 5.74) is 1.08. The molecule has 0 saturated heterocycles. The van der Waals surface area contributed by atoms with E-state index in [1.165, 1.54) is 11.5 Å². The van der Waals surface area contributed by atoms with Crippen molar-refractivity contribution in [3.63, 3.8) is 0 Å². The SMILES string of the molecule is Brc1nsc(-c2cc[c]cc2)n1. The molecule has 12 heavy (non-hydrogen) atoms. The fourth-order valence-corrected chi connectivity index (χ4v) is 1.94. The summed E-state index contributed by atoms with van der Waals surface area (Å²) in [7, 11) is 0. The monoisotopic (exact) mass is 239 g/mol. The quantitative estimate of drug-likeness (QED) is 0.765. The van der Waals surface area contributed by atoms with Crippen molar-refractivity contribution in [2.75, 3.05) is 0 Å². The van der Waals surface area contributed by atoms with E-state index in [-0.39, 0.29) is 0 Å². The van der Waals surface area contributed by atoms with E-state index in [1.807, 2.05) is 24.3 Å². The molecule has 0 spiro atoms. The van der Waals surface area contributed by atoms with Crippen LogP contribution in [0, 0.1) is 6.07 Å². The Bertz CT molecular complexity index is 372. The number of benzene rings is 1. The molecule has 4 heteroatoms. The van der Waals surface area contributed by atoms with Gasteiger partial charge in [0.05, 0.1) is 0 Å². The van der Waals surface area contributed by atoms with E-state index in [1.54, 1.807) is 0 Å². The van der Waals surface area contributed by atoms with Crippen LogP contribution in [0.2, 0.25) is 0 Å². The first kappa shape index (κ1) is 7.89. The molecule has 2 rings (SSSR count). The number of halogens is 1. The lowest BCUT2D eigenvalue weighted by molar-refractivity contribution is 1.26. The number of rotatable bonds is 1. The van der Waals surface area contributed by atoms with Crippen molar-refractivity contribution in [2.24, 2.45) is 0 Å². The number of hydrogen-bond donors (Lipinski definition) is 0. The summed E-state index contributed by atoms with van der Waals surface area (Å²) in [6.45, 7) is 0. The number of hydrogen-bond acceptors (Lipinski definition) is 3. The molecule has 1 heterocycles. The Labute approximate surface area is 82.6 Å². The maximum absolute atomic E-state index is 4.19. The molecule has 1 aromatic heterocycles. The predicted octanol–water partition coefficient (Wildman–Crippen LogP) is 2.77. The highest BCUT2D eigenvalue weighted by atomic mass is 79.9. The molecule has 0 unspecified atom stereocenters. The van der Waals surface area contributed by atoms with Crippen molar-refractivity contribution in [1.29, 1.82) is 0 Å². The number of nitrogens with zero attached hydrogens (tertiary/aromatic N) is 2. The molecule has 2 aromatic rings. The highest BCUT2D eigenvalue weighted by Crippen LogP contribution is 2.22. The molecule has 0 N–H and O–H groups in total. The Morgan fingerprint density at radius 3 is 2.67 bits per heavy atom. The molecule has 0 atom stereocenters. The van der Waals surface area contributed by atoms with Gasteiger partial charge in [0.2, 0.25) is 4.73 Å². The minimum atomic E-state index is 0.648. The van der Waals surface area contributed by atoms with Gasteiger partial charge in [0.1, 0.15) is 5.01 Å². The van der Waals surface area contributed by atoms with Crippen LogP contribution in [0.3, 0.4) is 0 Å². The average molecular weight is 240 g/mol. The van der Waals surface area contributed by atoms with Gasteiger partial charge in [0.25, 0.3) is 0 Å². The first-order chi connectivity index (χ1) is 5.86. The second-order valence-electron chi connectivity index (χ2n) is 2.16. The minimum absolute atomic E-state index is 0.648. The molecule has 0 fully saturated rings. The van der Waals surface area contributed by atoms with E-state index in [4.69, 9.17) is 0 Å². The van der Waals surface area contributed by atoms with Crippen molar-refractivity contribution in [2.45, 2.75) is 0 Å². The molecule has 0 aliphatic rings. The summed E-state index contributed by atoms with van der Waals surface area (Å²) in [5, 5.41) is 0.927. The Morgan fingerprint density at radius 2 is 2.08 bits per heavy atom. The van der Waals surface area contributed by atoms with Gasteiger partial charge in [-0.2, -0.15) is 4.37 Å². The van der Waals surface area contributed by atoms with Crippen LogP contribution in [0.5, 0.6) is 0 Å². The van der Waals surface area contributed by atoms with Gasteiger partial charge in [-0.3, -0.25) is 0 Å². The second-order valence-corrected chi connectivity index (χ2v) is 3.62. The van der Waals surface area contributed by atoms with Crippen LogP contribution in [0.1, 0.15) is 0 Å². The first-order valence-corrected chi connectivity index (χ1v) is 4.88. The lowest BCUT2D eigenvalue weighted by Gasteiger charge is -1.90. The van der Waals surface area contributed by atoms with Crippen LogP contribution in [-0.4, -0.2) is 9.36 Å². The average Bonchev–Trinajstić information content (AvgIpc) is 2.54. The molecule has 0 amide bonds. The van der Waals surface area contributed by atoms with E-state index in [9.17, 15) is 0 Å². The van der Waals surface area contributed by atoms with Gasteiger partial charge < -0.3 is 0 Å². The van der Waals surface area contributed by atoms with Crippen molar-refractivity contribution in [3.05, 3.63) is 35.1 Å². The van der Waals surface area contributed by atoms with E-state index in [2.05, 4.69) is 31.4 Å². The summed E-state index contributed by atoms with van der Waals surface area (Å²) in [6.07, 6.45) is 0. The van der Waals surface area contributed by atoms with Crippen LogP contribution in [0.15, 0.2) is 29.0 Å². The standard InChI is InChI=1S/C8H4BrN2S/c9-8-10-7(12-11-8)6-4-2-1-3-5-6/h2-5H. The maximum atomic E-state index is 4.19. The Hall–Kier alpha value is -0.740. The first-order valence-electron chi connectivity index (χ1n) is 3.32. The largest absolute Gasteiger partial charge is 0.209 e. The molecule has 0 aliphatic carbocycles. The predicted molar refractivity (Wildman–Crippen MR) is 51.9 cm³/mol. The third-order valence-corrected chi connectivity index (χ3v) is 2.72. The molecule has 59 valence electrons. The lowest BCUT2D eigenvalue weighted by Crippen LogP contribution is -1.73. The second kappa shape index (κ2) is 3.33. The topological polar surface area (TPSA) is 25.8 Å². The van der Waals surface area contributed by atoms with Crippen molar-refractivity contribution in [1.82, 2.24) is 9.36 Å². The zero-order valence-electron chi connectivity index (χ0n) is 5.99. The van der Waals surface area contributed by atoms with Crippen LogP contribution in [0.25, 0.3) is 10.6 Å². The molecule has 1 aromatic carbocycles. The van der Waals surface area contributed by atoms with E-state index in [0.29, 0.717) is 4.73 Å². The maximum Gasteiger partial charge on any atom is 0.209 e. The Kier molecular flexibility index (Phi) is 2.19. The number of aromatic nitrogens is 2. The molecular formula is C8H4BrN2S. The van der Waals surface area contributed by atoms with Crippen molar-refractivity contribution < 1.29 is 0 Å². The fourth-order valence-electron chi connectivity index (χ4n) is 0.852. The molecule has 1 radical (unpaired) electrons. The third kappa shape index (κ3) is 1.54. The zero-order chi connectivity index (χ0) is 8.39. The third-order valence-electron chi connectivity index (χ3n) is 1.37. The van der Waals surface area contributed by atoms with Crippen LogP contribution in [-0.2, 0) is 0 Å². The summed E-state index contributed by atoms with van der Waals surface area (Å²) in [6, 6.07) is 10.6. The van der Waals surface area contributed by atoms with Gasteiger partial charge in [-0.1, -0.05) is 24.3 Å². The Morgan fingerprint density at radius 1 is 1.33 bits per heavy atom. The summed E-state index contributed by atoms with van der Waals surface area (Å²) < 4.78 is 4.68. The molecule has 2 nitrogen and oxygen atoms in total. The lowest BCUT2D eigenvalue weighted by atomic mass is 10.2. The van der Waals surface area contributed by atoms with Gasteiger partial charge in [0.15, 0.2) is 0 Å². The fraction of sp³-hybridized carbons (Fsp3) is 0. The molecular weight excluding hydrogens is 236 g/mol. The van der Waals surface area contributed by atoms with Gasteiger partial charge in [-0.25, -0.2) is 4.98 Å². The molecule has 0 aliphatic heterocycles. The Balaban J connectivity index is 2.45. The van der Waals surface area contributed by atoms with E-state index < -0.39 is 0 Å². The van der Waals surface area contributed by atoms with Crippen LogP contribution < -0.4 is 0 Å². The summed E-state index contributed by atoms with van der Waals surface area (Å²) in [4.78, 5) is 4.19. The van der Waals surface area contributed by atoms with Gasteiger partial charge >= 0.3 is 0 Å². The highest BCUT2D eigenvalue weighted by Gasteiger charge is 2.02.